The first-order valence-electron chi connectivity index (χ1n) is 8.39. The number of benzene rings is 3. The summed E-state index contributed by atoms with van der Waals surface area (Å²) in [6.07, 6.45) is 1.34. The van der Waals surface area contributed by atoms with Crippen molar-refractivity contribution in [3.05, 3.63) is 99.3 Å². The minimum atomic E-state index is -0.542. The molecular formula is C21H14Cl2FN3O2. The molecule has 2 N–H and O–H groups in total. The molecule has 0 radical (unpaired) electrons. The van der Waals surface area contributed by atoms with Gasteiger partial charge in [-0.3, -0.25) is 9.59 Å². The summed E-state index contributed by atoms with van der Waals surface area (Å²) >= 11 is 12.1. The molecule has 0 aliphatic carbocycles. The van der Waals surface area contributed by atoms with E-state index in [1.54, 1.807) is 36.4 Å². The van der Waals surface area contributed by atoms with Crippen LogP contribution in [0.15, 0.2) is 71.8 Å². The van der Waals surface area contributed by atoms with Gasteiger partial charge in [-0.15, -0.1) is 0 Å². The molecule has 0 heterocycles. The molecule has 3 rings (SSSR count). The van der Waals surface area contributed by atoms with Crippen LogP contribution >= 0.6 is 23.2 Å². The van der Waals surface area contributed by atoms with Crippen molar-refractivity contribution in [1.82, 2.24) is 5.43 Å². The largest absolute Gasteiger partial charge is 0.321 e. The van der Waals surface area contributed by atoms with Gasteiger partial charge in [0, 0.05) is 11.1 Å². The molecule has 3 aromatic carbocycles. The lowest BCUT2D eigenvalue weighted by Gasteiger charge is -2.10. The maximum atomic E-state index is 13.0. The van der Waals surface area contributed by atoms with E-state index in [2.05, 4.69) is 15.8 Å². The van der Waals surface area contributed by atoms with Gasteiger partial charge in [-0.05, 0) is 48.5 Å². The summed E-state index contributed by atoms with van der Waals surface area (Å²) in [5.74, 6) is -1.46. The number of carbonyl (C=O) groups is 2. The molecule has 146 valence electrons. The quantitative estimate of drug-likeness (QED) is 0.434. The van der Waals surface area contributed by atoms with Crippen LogP contribution in [0.4, 0.5) is 10.1 Å². The normalized spacial score (nSPS) is 10.7. The molecule has 0 spiro atoms. The van der Waals surface area contributed by atoms with Gasteiger partial charge in [-0.2, -0.15) is 5.10 Å². The third-order valence-electron chi connectivity index (χ3n) is 3.89. The predicted octanol–water partition coefficient (Wildman–Crippen LogP) is 5.15. The number of halogens is 3. The van der Waals surface area contributed by atoms with E-state index in [4.69, 9.17) is 23.2 Å². The molecule has 0 aliphatic rings. The van der Waals surface area contributed by atoms with E-state index < -0.39 is 17.6 Å². The Morgan fingerprint density at radius 1 is 0.862 bits per heavy atom. The van der Waals surface area contributed by atoms with Gasteiger partial charge in [0.2, 0.25) is 0 Å². The maximum Gasteiger partial charge on any atom is 0.273 e. The molecule has 0 aromatic heterocycles. The van der Waals surface area contributed by atoms with Crippen LogP contribution in [0.5, 0.6) is 0 Å². The average Bonchev–Trinajstić information content (AvgIpc) is 2.71. The fourth-order valence-corrected chi connectivity index (χ4v) is 2.93. The number of nitrogens with zero attached hydrogens (tertiary/aromatic N) is 1. The van der Waals surface area contributed by atoms with E-state index in [9.17, 15) is 14.0 Å². The zero-order valence-corrected chi connectivity index (χ0v) is 16.3. The van der Waals surface area contributed by atoms with Crippen LogP contribution in [0.3, 0.4) is 0 Å². The zero-order valence-electron chi connectivity index (χ0n) is 14.8. The highest BCUT2D eigenvalue weighted by Crippen LogP contribution is 2.22. The number of para-hydroxylation sites is 1. The molecule has 0 unspecified atom stereocenters. The number of hydrazone groups is 1. The number of hydrogen-bond donors (Lipinski definition) is 2. The lowest BCUT2D eigenvalue weighted by molar-refractivity contribution is 0.0956. The van der Waals surface area contributed by atoms with Gasteiger partial charge in [0.1, 0.15) is 5.82 Å². The number of hydrogen-bond acceptors (Lipinski definition) is 3. The third-order valence-corrected chi connectivity index (χ3v) is 4.54. The Hall–Kier alpha value is -3.22. The molecule has 0 saturated heterocycles. The van der Waals surface area contributed by atoms with Crippen molar-refractivity contribution in [2.45, 2.75) is 0 Å². The van der Waals surface area contributed by atoms with Gasteiger partial charge in [0.05, 0.1) is 27.5 Å². The van der Waals surface area contributed by atoms with Crippen LogP contribution in [-0.2, 0) is 0 Å². The van der Waals surface area contributed by atoms with Crippen LogP contribution in [-0.4, -0.2) is 18.0 Å². The molecular weight excluding hydrogens is 416 g/mol. The van der Waals surface area contributed by atoms with E-state index in [1.807, 2.05) is 0 Å². The Balaban J connectivity index is 1.74. The zero-order chi connectivity index (χ0) is 20.8. The van der Waals surface area contributed by atoms with E-state index >= 15 is 0 Å². The molecule has 0 bridgehead atoms. The summed E-state index contributed by atoms with van der Waals surface area (Å²) in [6.45, 7) is 0. The van der Waals surface area contributed by atoms with Crippen LogP contribution < -0.4 is 10.7 Å². The van der Waals surface area contributed by atoms with E-state index in [0.29, 0.717) is 15.6 Å². The van der Waals surface area contributed by atoms with Gasteiger partial charge >= 0.3 is 0 Å². The Labute approximate surface area is 176 Å². The van der Waals surface area contributed by atoms with Crippen LogP contribution in [0.25, 0.3) is 0 Å². The number of anilines is 1. The van der Waals surface area contributed by atoms with Crippen LogP contribution in [0.1, 0.15) is 26.3 Å². The minimum absolute atomic E-state index is 0.199. The molecule has 2 amide bonds. The molecule has 0 saturated carbocycles. The monoisotopic (exact) mass is 429 g/mol. The minimum Gasteiger partial charge on any atom is -0.321 e. The summed E-state index contributed by atoms with van der Waals surface area (Å²) in [5.41, 5.74) is 3.58. The molecule has 0 aliphatic heterocycles. The van der Waals surface area contributed by atoms with Gasteiger partial charge in [-0.1, -0.05) is 41.4 Å². The lowest BCUT2D eigenvalue weighted by Crippen LogP contribution is -2.21. The number of rotatable bonds is 5. The second-order valence-corrected chi connectivity index (χ2v) is 6.66. The highest BCUT2D eigenvalue weighted by Gasteiger charge is 2.14. The smallest absolute Gasteiger partial charge is 0.273 e. The Kier molecular flexibility index (Phi) is 6.59. The number of amides is 2. The van der Waals surface area contributed by atoms with Crippen molar-refractivity contribution in [1.29, 1.82) is 0 Å². The second-order valence-electron chi connectivity index (χ2n) is 5.84. The molecule has 29 heavy (non-hydrogen) atoms. The fraction of sp³-hybridized carbons (Fsp3) is 0. The predicted molar refractivity (Wildman–Crippen MR) is 112 cm³/mol. The fourth-order valence-electron chi connectivity index (χ4n) is 2.44. The summed E-state index contributed by atoms with van der Waals surface area (Å²) in [6, 6.07) is 16.5. The van der Waals surface area contributed by atoms with E-state index in [1.165, 1.54) is 36.5 Å². The van der Waals surface area contributed by atoms with Crippen LogP contribution in [0, 0.1) is 5.82 Å². The van der Waals surface area contributed by atoms with E-state index in [0.717, 1.165) is 0 Å². The first kappa shape index (κ1) is 20.5. The summed E-state index contributed by atoms with van der Waals surface area (Å²) in [7, 11) is 0. The van der Waals surface area contributed by atoms with E-state index in [-0.39, 0.29) is 16.8 Å². The van der Waals surface area contributed by atoms with Crippen molar-refractivity contribution < 1.29 is 14.0 Å². The molecule has 3 aromatic rings. The summed E-state index contributed by atoms with van der Waals surface area (Å²) < 4.78 is 13.0. The summed E-state index contributed by atoms with van der Waals surface area (Å²) in [5, 5.41) is 7.30. The Bertz CT molecular complexity index is 1070. The van der Waals surface area contributed by atoms with Crippen molar-refractivity contribution in [2.24, 2.45) is 5.10 Å². The number of nitrogens with one attached hydrogen (secondary N) is 2. The third kappa shape index (κ3) is 5.19. The first-order chi connectivity index (χ1) is 14.0. The highest BCUT2D eigenvalue weighted by molar-refractivity contribution is 6.38. The standard InChI is InChI=1S/C21H14Cl2FN3O2/c22-17-5-3-6-18(23)16(17)12-25-27-21(29)15-4-1-2-7-19(15)26-20(28)13-8-10-14(24)11-9-13/h1-12H,(H,26,28)(H,27,29)/b25-12+. The lowest BCUT2D eigenvalue weighted by atomic mass is 10.1. The van der Waals surface area contributed by atoms with Crippen molar-refractivity contribution in [3.8, 4) is 0 Å². The van der Waals surface area contributed by atoms with Gasteiger partial charge in [-0.25, -0.2) is 9.82 Å². The average molecular weight is 430 g/mol. The molecule has 0 fully saturated rings. The topological polar surface area (TPSA) is 70.6 Å². The SMILES string of the molecule is O=C(Nc1ccccc1C(=O)N/N=C/c1c(Cl)cccc1Cl)c1ccc(F)cc1. The maximum absolute atomic E-state index is 13.0. The van der Waals surface area contributed by atoms with Gasteiger partial charge in [0.25, 0.3) is 11.8 Å². The Morgan fingerprint density at radius 3 is 2.21 bits per heavy atom. The summed E-state index contributed by atoms with van der Waals surface area (Å²) in [4.78, 5) is 24.8. The van der Waals surface area contributed by atoms with Crippen molar-refractivity contribution in [2.75, 3.05) is 5.32 Å². The first-order valence-corrected chi connectivity index (χ1v) is 9.14. The van der Waals surface area contributed by atoms with Crippen LogP contribution in [0.2, 0.25) is 10.0 Å². The van der Waals surface area contributed by atoms with Crippen molar-refractivity contribution in [3.63, 3.8) is 0 Å². The molecule has 0 atom stereocenters. The van der Waals surface area contributed by atoms with Gasteiger partial charge < -0.3 is 5.32 Å². The molecule has 5 nitrogen and oxygen atoms in total. The highest BCUT2D eigenvalue weighted by atomic mass is 35.5. The van der Waals surface area contributed by atoms with Crippen molar-refractivity contribution >= 4 is 46.9 Å². The molecule has 8 heteroatoms. The number of carbonyl (C=O) groups excluding carboxylic acids is 2. The van der Waals surface area contributed by atoms with Gasteiger partial charge in [0.15, 0.2) is 0 Å². The Morgan fingerprint density at radius 2 is 1.52 bits per heavy atom. The second kappa shape index (κ2) is 9.32.